The van der Waals surface area contributed by atoms with Crippen LogP contribution in [0.15, 0.2) is 24.4 Å². The number of rotatable bonds is 2. The molecule has 1 aliphatic heterocycles. The zero-order chi connectivity index (χ0) is 14.1. The van der Waals surface area contributed by atoms with E-state index in [2.05, 4.69) is 10.3 Å². The molecule has 0 aliphatic carbocycles. The molecule has 7 heteroatoms. The van der Waals surface area contributed by atoms with Crippen molar-refractivity contribution in [1.29, 1.82) is 0 Å². The van der Waals surface area contributed by atoms with Gasteiger partial charge in [0, 0.05) is 19.8 Å². The minimum absolute atomic E-state index is 0.182. The molecule has 0 radical (unpaired) electrons. The molecule has 2 heterocycles. The first kappa shape index (κ1) is 13.8. The Hall–Kier alpha value is -1.63. The van der Waals surface area contributed by atoms with E-state index in [0.717, 1.165) is 4.90 Å². The SMILES string of the molecule is CN(C(=O)C1(C(F)(F)F)CCNC1)c1ccccn1. The van der Waals surface area contributed by atoms with Crippen molar-refractivity contribution in [3.05, 3.63) is 24.4 Å². The molecule has 0 saturated carbocycles. The third-order valence-electron chi connectivity index (χ3n) is 3.40. The lowest BCUT2D eigenvalue weighted by atomic mass is 9.84. The van der Waals surface area contributed by atoms with Crippen LogP contribution in [0.4, 0.5) is 19.0 Å². The Balaban J connectivity index is 2.31. The monoisotopic (exact) mass is 273 g/mol. The van der Waals surface area contributed by atoms with E-state index >= 15 is 0 Å². The summed E-state index contributed by atoms with van der Waals surface area (Å²) < 4.78 is 39.7. The van der Waals surface area contributed by atoms with Gasteiger partial charge in [0.1, 0.15) is 5.82 Å². The summed E-state index contributed by atoms with van der Waals surface area (Å²) in [6.45, 7) is -0.201. The van der Waals surface area contributed by atoms with E-state index < -0.39 is 17.5 Å². The molecule has 1 aromatic rings. The van der Waals surface area contributed by atoms with Gasteiger partial charge in [0.05, 0.1) is 0 Å². The average Bonchev–Trinajstić information content (AvgIpc) is 2.88. The molecule has 1 saturated heterocycles. The Morgan fingerprint density at radius 1 is 1.47 bits per heavy atom. The van der Waals surface area contributed by atoms with E-state index in [4.69, 9.17) is 0 Å². The Bertz CT molecular complexity index is 455. The second-order valence-corrected chi connectivity index (χ2v) is 4.56. The second-order valence-electron chi connectivity index (χ2n) is 4.56. The van der Waals surface area contributed by atoms with Crippen molar-refractivity contribution in [2.24, 2.45) is 5.41 Å². The third kappa shape index (κ3) is 2.30. The van der Waals surface area contributed by atoms with E-state index in [1.54, 1.807) is 12.1 Å². The smallest absolute Gasteiger partial charge is 0.315 e. The predicted molar refractivity (Wildman–Crippen MR) is 63.6 cm³/mol. The van der Waals surface area contributed by atoms with Crippen LogP contribution in [-0.2, 0) is 4.79 Å². The number of nitrogens with zero attached hydrogens (tertiary/aromatic N) is 2. The molecular weight excluding hydrogens is 259 g/mol. The Morgan fingerprint density at radius 2 is 2.21 bits per heavy atom. The summed E-state index contributed by atoms with van der Waals surface area (Å²) >= 11 is 0. The number of alkyl halides is 3. The molecule has 0 bridgehead atoms. The molecule has 2 rings (SSSR count). The van der Waals surface area contributed by atoms with E-state index in [9.17, 15) is 18.0 Å². The largest absolute Gasteiger partial charge is 0.404 e. The maximum absolute atomic E-state index is 13.2. The minimum Gasteiger partial charge on any atom is -0.315 e. The van der Waals surface area contributed by atoms with Crippen molar-refractivity contribution in [3.8, 4) is 0 Å². The van der Waals surface area contributed by atoms with E-state index in [0.29, 0.717) is 0 Å². The zero-order valence-electron chi connectivity index (χ0n) is 10.4. The number of carbonyl (C=O) groups excluding carboxylic acids is 1. The predicted octanol–water partition coefficient (Wildman–Crippen LogP) is 1.59. The molecule has 1 aliphatic rings. The highest BCUT2D eigenvalue weighted by atomic mass is 19.4. The summed E-state index contributed by atoms with van der Waals surface area (Å²) in [4.78, 5) is 17.1. The number of aromatic nitrogens is 1. The lowest BCUT2D eigenvalue weighted by molar-refractivity contribution is -0.214. The van der Waals surface area contributed by atoms with Crippen LogP contribution < -0.4 is 10.2 Å². The lowest BCUT2D eigenvalue weighted by Crippen LogP contribution is -2.53. The summed E-state index contributed by atoms with van der Waals surface area (Å²) in [5.41, 5.74) is -2.35. The van der Waals surface area contributed by atoms with Gasteiger partial charge < -0.3 is 5.32 Å². The summed E-state index contributed by atoms with van der Waals surface area (Å²) in [6.07, 6.45) is -3.38. The van der Waals surface area contributed by atoms with E-state index in [-0.39, 0.29) is 25.3 Å². The van der Waals surface area contributed by atoms with Crippen LogP contribution in [0.3, 0.4) is 0 Å². The normalized spacial score (nSPS) is 23.4. The summed E-state index contributed by atoms with van der Waals surface area (Å²) in [7, 11) is 1.32. The molecular formula is C12H14F3N3O. The van der Waals surface area contributed by atoms with Crippen LogP contribution in [-0.4, -0.2) is 37.2 Å². The van der Waals surface area contributed by atoms with Crippen molar-refractivity contribution in [1.82, 2.24) is 10.3 Å². The summed E-state index contributed by atoms with van der Waals surface area (Å²) in [6, 6.07) is 4.77. The number of halogens is 3. The summed E-state index contributed by atoms with van der Waals surface area (Å²) in [5.74, 6) is -0.758. The minimum atomic E-state index is -4.57. The molecule has 1 aromatic heterocycles. The molecule has 1 fully saturated rings. The molecule has 0 spiro atoms. The van der Waals surface area contributed by atoms with Gasteiger partial charge in [0.25, 0.3) is 0 Å². The number of carbonyl (C=O) groups is 1. The molecule has 1 atom stereocenters. The van der Waals surface area contributed by atoms with Gasteiger partial charge in [-0.2, -0.15) is 13.2 Å². The van der Waals surface area contributed by atoms with Crippen molar-refractivity contribution < 1.29 is 18.0 Å². The summed E-state index contributed by atoms with van der Waals surface area (Å²) in [5, 5.41) is 2.62. The van der Waals surface area contributed by atoms with Gasteiger partial charge in [-0.25, -0.2) is 4.98 Å². The first-order valence-electron chi connectivity index (χ1n) is 5.85. The molecule has 1 amide bonds. The topological polar surface area (TPSA) is 45.2 Å². The Labute approximate surface area is 108 Å². The van der Waals surface area contributed by atoms with Gasteiger partial charge in [0.2, 0.25) is 5.91 Å². The highest BCUT2D eigenvalue weighted by molar-refractivity contribution is 5.97. The fourth-order valence-corrected chi connectivity index (χ4v) is 2.21. The van der Waals surface area contributed by atoms with E-state index in [1.165, 1.54) is 19.3 Å². The number of pyridine rings is 1. The van der Waals surface area contributed by atoms with E-state index in [1.807, 2.05) is 0 Å². The average molecular weight is 273 g/mol. The van der Waals surface area contributed by atoms with Gasteiger partial charge in [-0.05, 0) is 25.1 Å². The van der Waals surface area contributed by atoms with Gasteiger partial charge in [-0.1, -0.05) is 6.07 Å². The molecule has 1 unspecified atom stereocenters. The van der Waals surface area contributed by atoms with Crippen LogP contribution in [0.2, 0.25) is 0 Å². The van der Waals surface area contributed by atoms with Gasteiger partial charge in [-0.3, -0.25) is 9.69 Å². The van der Waals surface area contributed by atoms with Crippen LogP contribution in [0.1, 0.15) is 6.42 Å². The Kier molecular flexibility index (Phi) is 3.49. The van der Waals surface area contributed by atoms with Crippen LogP contribution in [0, 0.1) is 5.41 Å². The number of nitrogens with one attached hydrogen (secondary N) is 1. The van der Waals surface area contributed by atoms with Crippen LogP contribution >= 0.6 is 0 Å². The van der Waals surface area contributed by atoms with Crippen LogP contribution in [0.5, 0.6) is 0 Å². The van der Waals surface area contributed by atoms with Crippen molar-refractivity contribution in [3.63, 3.8) is 0 Å². The maximum atomic E-state index is 13.2. The number of amides is 1. The van der Waals surface area contributed by atoms with Crippen molar-refractivity contribution >= 4 is 11.7 Å². The highest BCUT2D eigenvalue weighted by Crippen LogP contribution is 2.44. The molecule has 104 valence electrons. The molecule has 0 aromatic carbocycles. The highest BCUT2D eigenvalue weighted by Gasteiger charge is 2.62. The standard InChI is InChI=1S/C12H14F3N3O/c1-18(9-4-2-3-6-17-9)10(19)11(12(13,14)15)5-7-16-8-11/h2-4,6,16H,5,7-8H2,1H3. The van der Waals surface area contributed by atoms with Crippen molar-refractivity contribution in [2.75, 3.05) is 25.0 Å². The van der Waals surface area contributed by atoms with Crippen molar-refractivity contribution in [2.45, 2.75) is 12.6 Å². The van der Waals surface area contributed by atoms with Gasteiger partial charge >= 0.3 is 6.18 Å². The molecule has 19 heavy (non-hydrogen) atoms. The van der Waals surface area contributed by atoms with Crippen LogP contribution in [0.25, 0.3) is 0 Å². The fraction of sp³-hybridized carbons (Fsp3) is 0.500. The van der Waals surface area contributed by atoms with Gasteiger partial charge in [0.15, 0.2) is 5.41 Å². The quantitative estimate of drug-likeness (QED) is 0.890. The molecule has 4 nitrogen and oxygen atoms in total. The fourth-order valence-electron chi connectivity index (χ4n) is 2.21. The first-order valence-corrected chi connectivity index (χ1v) is 5.85. The maximum Gasteiger partial charge on any atom is 0.404 e. The first-order chi connectivity index (χ1) is 8.88. The second kappa shape index (κ2) is 4.80. The number of anilines is 1. The third-order valence-corrected chi connectivity index (χ3v) is 3.40. The number of hydrogen-bond acceptors (Lipinski definition) is 3. The van der Waals surface area contributed by atoms with Gasteiger partial charge in [-0.15, -0.1) is 0 Å². The zero-order valence-corrected chi connectivity index (χ0v) is 10.4. The number of hydrogen-bond donors (Lipinski definition) is 1. The lowest BCUT2D eigenvalue weighted by Gasteiger charge is -2.32. The Morgan fingerprint density at radius 3 is 2.68 bits per heavy atom. The molecule has 1 N–H and O–H groups in total.